The van der Waals surface area contributed by atoms with Crippen molar-refractivity contribution in [2.75, 3.05) is 6.54 Å². The first-order valence-corrected chi connectivity index (χ1v) is 12.9. The number of hydrogen-bond donors (Lipinski definition) is 3. The molecule has 2 saturated carbocycles. The van der Waals surface area contributed by atoms with Gasteiger partial charge in [-0.2, -0.15) is 18.4 Å². The van der Waals surface area contributed by atoms with Crippen LogP contribution in [0.5, 0.6) is 0 Å². The number of piperidine rings is 3. The highest BCUT2D eigenvalue weighted by Crippen LogP contribution is 2.49. The molecule has 5 fully saturated rings. The van der Waals surface area contributed by atoms with E-state index in [9.17, 15) is 46.4 Å². The second-order valence-corrected chi connectivity index (χ2v) is 10.8. The summed E-state index contributed by atoms with van der Waals surface area (Å²) in [6.45, 7) is 0.489. The van der Waals surface area contributed by atoms with Gasteiger partial charge in [-0.15, -0.1) is 0 Å². The van der Waals surface area contributed by atoms with E-state index in [-0.39, 0.29) is 37.5 Å². The van der Waals surface area contributed by atoms with Crippen LogP contribution < -0.4 is 16.0 Å². The maximum absolute atomic E-state index is 14.9. The molecule has 210 valence electrons. The fourth-order valence-corrected chi connectivity index (χ4v) is 5.90. The first-order chi connectivity index (χ1) is 17.8. The SMILES string of the molecule is N#C[C@H](C[C@H]1CCCNC1=O)NC(=O)[C@@H]1[C@@H]2CC[C@@H](CC2(F)F)N1C(=O)[C@@H](CC1CC1)NC(=O)C(F)(F)F. The van der Waals surface area contributed by atoms with Crippen LogP contribution in [0, 0.1) is 29.1 Å². The number of alkyl halides is 5. The summed E-state index contributed by atoms with van der Waals surface area (Å²) >= 11 is 0. The maximum atomic E-state index is 14.9. The molecule has 0 aromatic heterocycles. The van der Waals surface area contributed by atoms with E-state index >= 15 is 0 Å². The van der Waals surface area contributed by atoms with Gasteiger partial charge in [-0.25, -0.2) is 8.78 Å². The van der Waals surface area contributed by atoms with Gasteiger partial charge in [0.1, 0.15) is 18.1 Å². The minimum Gasteiger partial charge on any atom is -0.356 e. The molecule has 0 aromatic rings. The molecule has 5 aliphatic rings. The molecular weight excluding hydrogens is 517 g/mol. The lowest BCUT2D eigenvalue weighted by atomic mass is 9.71. The summed E-state index contributed by atoms with van der Waals surface area (Å²) in [6.07, 6.45) is -3.65. The number of halogens is 5. The van der Waals surface area contributed by atoms with Crippen molar-refractivity contribution in [1.82, 2.24) is 20.9 Å². The molecule has 2 bridgehead atoms. The van der Waals surface area contributed by atoms with E-state index in [0.29, 0.717) is 32.2 Å². The number of nitrogens with one attached hydrogen (secondary N) is 3. The van der Waals surface area contributed by atoms with E-state index in [4.69, 9.17) is 0 Å². The summed E-state index contributed by atoms with van der Waals surface area (Å²) in [5, 5.41) is 16.4. The van der Waals surface area contributed by atoms with Crippen LogP contribution in [0.4, 0.5) is 22.0 Å². The lowest BCUT2D eigenvalue weighted by molar-refractivity contribution is -0.196. The molecule has 14 heteroatoms. The van der Waals surface area contributed by atoms with Crippen LogP contribution >= 0.6 is 0 Å². The van der Waals surface area contributed by atoms with Gasteiger partial charge >= 0.3 is 12.1 Å². The second-order valence-electron chi connectivity index (χ2n) is 10.8. The molecule has 2 aliphatic carbocycles. The third kappa shape index (κ3) is 6.02. The molecule has 6 atom stereocenters. The summed E-state index contributed by atoms with van der Waals surface area (Å²) in [5.41, 5.74) is 0. The number of rotatable bonds is 8. The predicted octanol–water partition coefficient (Wildman–Crippen LogP) is 1.77. The summed E-state index contributed by atoms with van der Waals surface area (Å²) in [7, 11) is 0. The molecule has 0 aromatic carbocycles. The van der Waals surface area contributed by atoms with Crippen molar-refractivity contribution >= 4 is 23.6 Å². The molecule has 5 rings (SSSR count). The average molecular weight is 548 g/mol. The lowest BCUT2D eigenvalue weighted by Crippen LogP contribution is -2.71. The summed E-state index contributed by atoms with van der Waals surface area (Å²) in [6, 6.07) is -3.81. The van der Waals surface area contributed by atoms with Crippen LogP contribution in [0.3, 0.4) is 0 Å². The van der Waals surface area contributed by atoms with Gasteiger partial charge in [0.2, 0.25) is 17.7 Å². The average Bonchev–Trinajstić information content (AvgIpc) is 3.66. The fraction of sp³-hybridized carbons (Fsp3) is 0.792. The Kier molecular flexibility index (Phi) is 7.86. The fourth-order valence-electron chi connectivity index (χ4n) is 5.90. The molecule has 4 amide bonds. The zero-order valence-corrected chi connectivity index (χ0v) is 20.5. The zero-order chi connectivity index (χ0) is 27.8. The van der Waals surface area contributed by atoms with Crippen LogP contribution in [0.2, 0.25) is 0 Å². The summed E-state index contributed by atoms with van der Waals surface area (Å²) < 4.78 is 68.8. The van der Waals surface area contributed by atoms with Crippen molar-refractivity contribution in [3.63, 3.8) is 0 Å². The number of carbonyl (C=O) groups is 4. The number of hydrogen-bond acceptors (Lipinski definition) is 5. The molecule has 3 heterocycles. The van der Waals surface area contributed by atoms with Crippen LogP contribution in [0.25, 0.3) is 0 Å². The van der Waals surface area contributed by atoms with E-state index in [2.05, 4.69) is 10.6 Å². The van der Waals surface area contributed by atoms with Gasteiger partial charge in [-0.1, -0.05) is 12.8 Å². The topological polar surface area (TPSA) is 131 Å². The zero-order valence-electron chi connectivity index (χ0n) is 20.5. The highest BCUT2D eigenvalue weighted by atomic mass is 19.4. The van der Waals surface area contributed by atoms with E-state index in [1.165, 1.54) is 0 Å². The third-order valence-electron chi connectivity index (χ3n) is 7.98. The second kappa shape index (κ2) is 10.6. The van der Waals surface area contributed by atoms with Gasteiger partial charge in [0, 0.05) is 24.9 Å². The van der Waals surface area contributed by atoms with E-state index in [1.807, 2.05) is 6.07 Å². The van der Waals surface area contributed by atoms with Crippen molar-refractivity contribution in [1.29, 1.82) is 5.26 Å². The molecule has 9 nitrogen and oxygen atoms in total. The van der Waals surface area contributed by atoms with Gasteiger partial charge in [-0.05, 0) is 44.4 Å². The monoisotopic (exact) mass is 547 g/mol. The Labute approximate surface area is 215 Å². The van der Waals surface area contributed by atoms with E-state index in [1.54, 1.807) is 5.32 Å². The number of nitriles is 1. The largest absolute Gasteiger partial charge is 0.471 e. The van der Waals surface area contributed by atoms with Gasteiger partial charge in [0.15, 0.2) is 0 Å². The molecule has 0 spiro atoms. The van der Waals surface area contributed by atoms with Gasteiger partial charge in [0.05, 0.1) is 12.0 Å². The van der Waals surface area contributed by atoms with E-state index in [0.717, 1.165) is 4.90 Å². The Hall–Kier alpha value is -2.98. The van der Waals surface area contributed by atoms with Crippen molar-refractivity contribution in [2.45, 2.75) is 94.1 Å². The highest BCUT2D eigenvalue weighted by molar-refractivity contribution is 5.94. The van der Waals surface area contributed by atoms with Crippen molar-refractivity contribution in [3.05, 3.63) is 0 Å². The molecule has 3 aliphatic heterocycles. The first kappa shape index (κ1) is 28.0. The number of carbonyl (C=O) groups excluding carboxylic acids is 4. The van der Waals surface area contributed by atoms with Crippen LogP contribution in [0.1, 0.15) is 57.8 Å². The molecule has 0 radical (unpaired) electrons. The Morgan fingerprint density at radius 1 is 1.11 bits per heavy atom. The Balaban J connectivity index is 1.56. The first-order valence-electron chi connectivity index (χ1n) is 12.9. The van der Waals surface area contributed by atoms with Crippen molar-refractivity contribution in [3.8, 4) is 6.07 Å². The normalized spacial score (nSPS) is 30.0. The minimum absolute atomic E-state index is 0.0504. The van der Waals surface area contributed by atoms with Gasteiger partial charge < -0.3 is 20.9 Å². The van der Waals surface area contributed by atoms with E-state index < -0.39 is 72.2 Å². The summed E-state index contributed by atoms with van der Waals surface area (Å²) in [4.78, 5) is 51.6. The molecule has 38 heavy (non-hydrogen) atoms. The Morgan fingerprint density at radius 3 is 2.39 bits per heavy atom. The van der Waals surface area contributed by atoms with Crippen LogP contribution in [-0.4, -0.2) is 71.3 Å². The summed E-state index contributed by atoms with van der Waals surface area (Å²) in [5.74, 6) is -10.2. The van der Waals surface area contributed by atoms with Crippen molar-refractivity contribution in [2.24, 2.45) is 17.8 Å². The molecular formula is C24H30F5N5O4. The van der Waals surface area contributed by atoms with Gasteiger partial charge in [0.25, 0.3) is 5.92 Å². The van der Waals surface area contributed by atoms with Gasteiger partial charge in [-0.3, -0.25) is 19.2 Å². The molecule has 3 saturated heterocycles. The van der Waals surface area contributed by atoms with Crippen LogP contribution in [-0.2, 0) is 19.2 Å². The predicted molar refractivity (Wildman–Crippen MR) is 120 cm³/mol. The van der Waals surface area contributed by atoms with Crippen molar-refractivity contribution < 1.29 is 41.1 Å². The Bertz CT molecular complexity index is 1010. The quantitative estimate of drug-likeness (QED) is 0.399. The molecule has 0 unspecified atom stereocenters. The smallest absolute Gasteiger partial charge is 0.356 e. The highest BCUT2D eigenvalue weighted by Gasteiger charge is 2.61. The minimum atomic E-state index is -5.25. The lowest BCUT2D eigenvalue weighted by Gasteiger charge is -2.54. The third-order valence-corrected chi connectivity index (χ3v) is 7.98. The Morgan fingerprint density at radius 2 is 1.82 bits per heavy atom. The standard InChI is InChI=1S/C24H30F5N5O4/c25-23(26)10-15-5-6-16(23)18(20(36)32-14(11-30)9-13-2-1-7-31-19(13)35)34(15)21(37)17(8-12-3-4-12)33-22(38)24(27,28)29/h12-18H,1-10H2,(H,31,35)(H,32,36)(H,33,38)/t13-,14+,15+,16+,17-,18+/m1/s1. The number of nitrogens with zero attached hydrogens (tertiary/aromatic N) is 2. The number of amides is 4. The molecule has 3 N–H and O–H groups in total. The maximum Gasteiger partial charge on any atom is 0.471 e. The van der Waals surface area contributed by atoms with Crippen LogP contribution in [0.15, 0.2) is 0 Å². The number of fused-ring (bicyclic) bond motifs is 3.